The molecule has 2 aliphatic heterocycles. The van der Waals surface area contributed by atoms with Crippen LogP contribution >= 0.6 is 11.3 Å². The van der Waals surface area contributed by atoms with Gasteiger partial charge >= 0.3 is 0 Å². The largest absolute Gasteiger partial charge is 0.382 e. The van der Waals surface area contributed by atoms with Crippen LogP contribution in [0.25, 0.3) is 21.5 Å². The Morgan fingerprint density at radius 3 is 2.88 bits per heavy atom. The molecular formula is C24H23FN4O2S. The Kier molecular flexibility index (Phi) is 5.82. The molecule has 0 radical (unpaired) electrons. The van der Waals surface area contributed by atoms with E-state index in [-0.39, 0.29) is 5.82 Å². The minimum absolute atomic E-state index is 0.346. The second kappa shape index (κ2) is 8.90. The Hall–Kier alpha value is -2.94. The van der Waals surface area contributed by atoms with E-state index in [4.69, 9.17) is 4.74 Å². The predicted octanol–water partition coefficient (Wildman–Crippen LogP) is 4.67. The van der Waals surface area contributed by atoms with Crippen LogP contribution in [0.15, 0.2) is 59.0 Å². The average Bonchev–Trinajstić information content (AvgIpc) is 3.15. The molecule has 2 aliphatic rings. The van der Waals surface area contributed by atoms with Crippen LogP contribution in [0.3, 0.4) is 0 Å². The third kappa shape index (κ3) is 3.97. The fourth-order valence-electron chi connectivity index (χ4n) is 3.97. The number of morpholine rings is 1. The molecule has 1 atom stereocenters. The smallest absolute Gasteiger partial charge is 0.132 e. The van der Waals surface area contributed by atoms with Gasteiger partial charge in [-0.3, -0.25) is 4.99 Å². The van der Waals surface area contributed by atoms with Crippen molar-refractivity contribution in [3.05, 3.63) is 65.4 Å². The standard InChI is InChI=1S/C24H23FN4O2S/c1-15-4-2-3-7-26-21(15)23(30)16-5-6-18(25)17(12-16)22-24-19(27-14-28-22)13-20(32-24)29-8-10-31-11-9-29/h2-3,5-7,12-14,23,30H,4,8-11H2,1H3. The second-order valence-electron chi connectivity index (χ2n) is 7.84. The fourth-order valence-corrected chi connectivity index (χ4v) is 5.14. The highest BCUT2D eigenvalue weighted by atomic mass is 32.1. The first-order valence-corrected chi connectivity index (χ1v) is 11.4. The number of aliphatic imine (C=N–C) groups is 1. The van der Waals surface area contributed by atoms with Crippen LogP contribution < -0.4 is 4.90 Å². The SMILES string of the molecule is CC1=C(C(O)c2ccc(F)c(-c3ncnc4cc(N5CCOCC5)sc34)c2)N=CC=CC1. The first-order chi connectivity index (χ1) is 15.6. The Morgan fingerprint density at radius 2 is 2.03 bits per heavy atom. The molecule has 1 N–H and O–H groups in total. The van der Waals surface area contributed by atoms with Crippen LogP contribution in [0.1, 0.15) is 25.0 Å². The van der Waals surface area contributed by atoms with Crippen molar-refractivity contribution in [2.45, 2.75) is 19.4 Å². The summed E-state index contributed by atoms with van der Waals surface area (Å²) in [5.74, 6) is -0.390. The highest BCUT2D eigenvalue weighted by Gasteiger charge is 2.21. The van der Waals surface area contributed by atoms with Gasteiger partial charge in [0.15, 0.2) is 0 Å². The molecule has 3 aromatic rings. The lowest BCUT2D eigenvalue weighted by molar-refractivity contribution is 0.123. The maximum absolute atomic E-state index is 15.0. The van der Waals surface area contributed by atoms with Crippen LogP contribution in [0, 0.1) is 5.82 Å². The van der Waals surface area contributed by atoms with Gasteiger partial charge in [0.25, 0.3) is 0 Å². The maximum atomic E-state index is 15.0. The number of fused-ring (bicyclic) bond motifs is 1. The van der Waals surface area contributed by atoms with Crippen molar-refractivity contribution in [3.63, 3.8) is 0 Å². The third-order valence-corrected chi connectivity index (χ3v) is 6.93. The summed E-state index contributed by atoms with van der Waals surface area (Å²) in [5, 5.41) is 12.1. The summed E-state index contributed by atoms with van der Waals surface area (Å²) in [6.45, 7) is 4.96. The van der Waals surface area contributed by atoms with Gasteiger partial charge in [-0.2, -0.15) is 0 Å². The molecule has 1 saturated heterocycles. The zero-order valence-corrected chi connectivity index (χ0v) is 18.5. The molecule has 1 aromatic carbocycles. The van der Waals surface area contributed by atoms with E-state index in [0.717, 1.165) is 33.9 Å². The van der Waals surface area contributed by atoms with E-state index in [1.165, 1.54) is 12.4 Å². The van der Waals surface area contributed by atoms with Gasteiger partial charge in [-0.15, -0.1) is 11.3 Å². The van der Waals surface area contributed by atoms with Gasteiger partial charge in [-0.05, 0) is 48.8 Å². The number of rotatable bonds is 4. The number of ether oxygens (including phenoxy) is 1. The molecule has 0 saturated carbocycles. The number of anilines is 1. The Bertz CT molecular complexity index is 1240. The summed E-state index contributed by atoms with van der Waals surface area (Å²) in [7, 11) is 0. The van der Waals surface area contributed by atoms with Crippen molar-refractivity contribution >= 4 is 32.8 Å². The number of aliphatic hydroxyl groups excluding tert-OH is 1. The quantitative estimate of drug-likeness (QED) is 0.625. The van der Waals surface area contributed by atoms with Gasteiger partial charge in [0.1, 0.15) is 18.2 Å². The first kappa shape index (κ1) is 20.9. The number of thiophene rings is 1. The van der Waals surface area contributed by atoms with Crippen LogP contribution in [0.5, 0.6) is 0 Å². The molecule has 5 rings (SSSR count). The van der Waals surface area contributed by atoms with Gasteiger partial charge in [0.05, 0.1) is 39.8 Å². The van der Waals surface area contributed by atoms with Gasteiger partial charge in [0.2, 0.25) is 0 Å². The summed E-state index contributed by atoms with van der Waals surface area (Å²) >= 11 is 1.55. The highest BCUT2D eigenvalue weighted by molar-refractivity contribution is 7.23. The van der Waals surface area contributed by atoms with E-state index in [9.17, 15) is 9.50 Å². The van der Waals surface area contributed by atoms with Crippen molar-refractivity contribution in [2.24, 2.45) is 4.99 Å². The third-order valence-electron chi connectivity index (χ3n) is 5.74. The van der Waals surface area contributed by atoms with Gasteiger partial charge < -0.3 is 14.7 Å². The molecule has 2 aromatic heterocycles. The van der Waals surface area contributed by atoms with E-state index in [1.54, 1.807) is 29.7 Å². The first-order valence-electron chi connectivity index (χ1n) is 10.6. The Balaban J connectivity index is 1.56. The van der Waals surface area contributed by atoms with Crippen molar-refractivity contribution in [1.29, 1.82) is 0 Å². The van der Waals surface area contributed by atoms with E-state index in [1.807, 2.05) is 25.1 Å². The minimum atomic E-state index is -0.949. The van der Waals surface area contributed by atoms with Crippen LogP contribution in [-0.4, -0.2) is 47.6 Å². The summed E-state index contributed by atoms with van der Waals surface area (Å²) < 4.78 is 21.3. The molecule has 0 spiro atoms. The lowest BCUT2D eigenvalue weighted by Gasteiger charge is -2.27. The summed E-state index contributed by atoms with van der Waals surface area (Å²) in [6.07, 6.45) is 6.76. The normalized spacial score (nSPS) is 17.8. The fraction of sp³-hybridized carbons (Fsp3) is 0.292. The van der Waals surface area contributed by atoms with Gasteiger partial charge in [-0.25, -0.2) is 14.4 Å². The van der Waals surface area contributed by atoms with Crippen molar-refractivity contribution < 1.29 is 14.2 Å². The maximum Gasteiger partial charge on any atom is 0.132 e. The van der Waals surface area contributed by atoms with Gasteiger partial charge in [0, 0.05) is 24.9 Å². The molecule has 1 fully saturated rings. The monoisotopic (exact) mass is 450 g/mol. The Morgan fingerprint density at radius 1 is 1.19 bits per heavy atom. The predicted molar refractivity (Wildman–Crippen MR) is 126 cm³/mol. The molecule has 0 bridgehead atoms. The number of nitrogens with zero attached hydrogens (tertiary/aromatic N) is 4. The zero-order chi connectivity index (χ0) is 22.1. The summed E-state index contributed by atoms with van der Waals surface area (Å²) in [6, 6.07) is 6.68. The molecule has 32 heavy (non-hydrogen) atoms. The van der Waals surface area contributed by atoms with Gasteiger partial charge in [-0.1, -0.05) is 12.1 Å². The number of aromatic nitrogens is 2. The minimum Gasteiger partial charge on any atom is -0.382 e. The van der Waals surface area contributed by atoms with Crippen LogP contribution in [0.4, 0.5) is 9.39 Å². The summed E-state index contributed by atoms with van der Waals surface area (Å²) in [4.78, 5) is 15.5. The molecule has 4 heterocycles. The molecule has 0 amide bonds. The topological polar surface area (TPSA) is 70.8 Å². The number of benzene rings is 1. The molecule has 6 nitrogen and oxygen atoms in total. The number of aliphatic hydroxyl groups is 1. The average molecular weight is 451 g/mol. The zero-order valence-electron chi connectivity index (χ0n) is 17.7. The van der Waals surface area contributed by atoms with Crippen molar-refractivity contribution in [3.8, 4) is 11.3 Å². The number of halogens is 1. The number of allylic oxidation sites excluding steroid dienone is 3. The van der Waals surface area contributed by atoms with Crippen molar-refractivity contribution in [2.75, 3.05) is 31.2 Å². The van der Waals surface area contributed by atoms with Crippen LogP contribution in [-0.2, 0) is 4.74 Å². The van der Waals surface area contributed by atoms with Crippen LogP contribution in [0.2, 0.25) is 0 Å². The number of hydrogen-bond acceptors (Lipinski definition) is 7. The lowest BCUT2D eigenvalue weighted by Crippen LogP contribution is -2.35. The highest BCUT2D eigenvalue weighted by Crippen LogP contribution is 2.39. The molecule has 0 aliphatic carbocycles. The molecule has 1 unspecified atom stereocenters. The van der Waals surface area contributed by atoms with Crippen molar-refractivity contribution in [1.82, 2.24) is 9.97 Å². The number of hydrogen-bond donors (Lipinski definition) is 1. The molecule has 164 valence electrons. The summed E-state index contributed by atoms with van der Waals surface area (Å²) in [5.41, 5.74) is 3.80. The molecular weight excluding hydrogens is 427 g/mol. The Labute approximate surface area is 189 Å². The molecule has 8 heteroatoms. The second-order valence-corrected chi connectivity index (χ2v) is 8.87. The van der Waals surface area contributed by atoms with E-state index < -0.39 is 6.10 Å². The lowest BCUT2D eigenvalue weighted by atomic mass is 9.98. The van der Waals surface area contributed by atoms with E-state index in [0.29, 0.717) is 42.2 Å². The van der Waals surface area contributed by atoms with E-state index in [2.05, 4.69) is 19.9 Å². The van der Waals surface area contributed by atoms with E-state index >= 15 is 0 Å².